The van der Waals surface area contributed by atoms with Gasteiger partial charge in [0.1, 0.15) is 0 Å². The Bertz CT molecular complexity index is 465. The SMILES string of the molecule is CC(=O)OCN(CN(CN(CCCCBr)[N+](=O)[O-])[N+](=O)[O-])[N+](=O)[O-]. The van der Waals surface area contributed by atoms with E-state index < -0.39 is 41.1 Å². The summed E-state index contributed by atoms with van der Waals surface area (Å²) in [6, 6.07) is 0. The molecule has 0 heterocycles. The molecule has 0 fully saturated rings. The Hall–Kier alpha value is -2.45. The van der Waals surface area contributed by atoms with Crippen LogP contribution in [0.1, 0.15) is 19.8 Å². The summed E-state index contributed by atoms with van der Waals surface area (Å²) in [6.07, 6.45) is 1.03. The van der Waals surface area contributed by atoms with Gasteiger partial charge in [0.2, 0.25) is 20.1 Å². The summed E-state index contributed by atoms with van der Waals surface area (Å²) in [5.74, 6) is -0.809. The Balaban J connectivity index is 4.90. The van der Waals surface area contributed by atoms with Crippen molar-refractivity contribution in [3.05, 3.63) is 30.3 Å². The van der Waals surface area contributed by atoms with Crippen molar-refractivity contribution in [2.24, 2.45) is 0 Å². The first-order valence-corrected chi connectivity index (χ1v) is 7.68. The van der Waals surface area contributed by atoms with Gasteiger partial charge in [0.15, 0.2) is 15.1 Å². The summed E-state index contributed by atoms with van der Waals surface area (Å²) >= 11 is 3.16. The summed E-state index contributed by atoms with van der Waals surface area (Å²) in [6.45, 7) is -1.55. The van der Waals surface area contributed by atoms with Gasteiger partial charge >= 0.3 is 5.97 Å². The van der Waals surface area contributed by atoms with E-state index in [1.165, 1.54) is 0 Å². The lowest BCUT2D eigenvalue weighted by atomic mass is 10.3. The molecule has 0 rings (SSSR count). The second kappa shape index (κ2) is 11.1. The quantitative estimate of drug-likeness (QED) is 0.0994. The van der Waals surface area contributed by atoms with Crippen LogP contribution in [-0.2, 0) is 9.53 Å². The maximum atomic E-state index is 11.0. The molecule has 0 unspecified atom stereocenters. The number of alkyl halides is 1. The molecule has 0 bridgehead atoms. The van der Waals surface area contributed by atoms with Gasteiger partial charge in [0, 0.05) is 12.3 Å². The third-order valence-electron chi connectivity index (χ3n) is 2.56. The maximum absolute atomic E-state index is 11.0. The van der Waals surface area contributed by atoms with Crippen LogP contribution in [-0.4, -0.2) is 68.0 Å². The lowest BCUT2D eigenvalue weighted by molar-refractivity contribution is -0.738. The molecule has 24 heavy (non-hydrogen) atoms. The molecule has 138 valence electrons. The number of nitrogens with zero attached hydrogens (tertiary/aromatic N) is 6. The molecule has 14 nitrogen and oxygen atoms in total. The predicted octanol–water partition coefficient (Wildman–Crippen LogP) is 0.0782. The highest BCUT2D eigenvalue weighted by molar-refractivity contribution is 9.09. The van der Waals surface area contributed by atoms with E-state index in [2.05, 4.69) is 20.7 Å². The molecule has 15 heteroatoms. The number of nitro groups is 3. The number of carbonyl (C=O) groups excluding carboxylic acids is 1. The van der Waals surface area contributed by atoms with E-state index in [9.17, 15) is 35.1 Å². The van der Waals surface area contributed by atoms with Crippen molar-refractivity contribution in [2.75, 3.05) is 31.9 Å². The van der Waals surface area contributed by atoms with Crippen LogP contribution in [0.5, 0.6) is 0 Å². The first kappa shape index (κ1) is 21.6. The molecule has 0 amide bonds. The minimum Gasteiger partial charge on any atom is -0.439 e. The summed E-state index contributed by atoms with van der Waals surface area (Å²) in [4.78, 5) is 43.5. The van der Waals surface area contributed by atoms with E-state index in [-0.39, 0.29) is 16.6 Å². The van der Waals surface area contributed by atoms with E-state index in [1.807, 2.05) is 0 Å². The van der Waals surface area contributed by atoms with Crippen LogP contribution in [0.25, 0.3) is 0 Å². The molecule has 0 saturated heterocycles. The fraction of sp³-hybridized carbons (Fsp3) is 0.889. The number of carbonyl (C=O) groups is 1. The van der Waals surface area contributed by atoms with Crippen molar-refractivity contribution in [2.45, 2.75) is 19.8 Å². The molecule has 0 atom stereocenters. The molecule has 0 spiro atoms. The number of halogens is 1. The van der Waals surface area contributed by atoms with Gasteiger partial charge in [0.25, 0.3) is 0 Å². The van der Waals surface area contributed by atoms with Crippen LogP contribution in [0.4, 0.5) is 0 Å². The predicted molar refractivity (Wildman–Crippen MR) is 80.8 cm³/mol. The van der Waals surface area contributed by atoms with Crippen molar-refractivity contribution in [1.82, 2.24) is 15.0 Å². The van der Waals surface area contributed by atoms with Crippen LogP contribution < -0.4 is 0 Å². The highest BCUT2D eigenvalue weighted by atomic mass is 79.9. The Morgan fingerprint density at radius 1 is 0.958 bits per heavy atom. The summed E-state index contributed by atoms with van der Waals surface area (Å²) in [5, 5.41) is 31.7. The lowest BCUT2D eigenvalue weighted by Gasteiger charge is -2.21. The minimum atomic E-state index is -0.999. The molecule has 0 aromatic carbocycles. The smallest absolute Gasteiger partial charge is 0.304 e. The Morgan fingerprint density at radius 2 is 1.46 bits per heavy atom. The highest BCUT2D eigenvalue weighted by Gasteiger charge is 2.30. The van der Waals surface area contributed by atoms with Crippen LogP contribution in [0.15, 0.2) is 0 Å². The average molecular weight is 417 g/mol. The Labute approximate surface area is 144 Å². The summed E-state index contributed by atoms with van der Waals surface area (Å²) in [5.41, 5.74) is 0. The zero-order valence-corrected chi connectivity index (χ0v) is 14.4. The van der Waals surface area contributed by atoms with E-state index >= 15 is 0 Å². The largest absolute Gasteiger partial charge is 0.439 e. The highest BCUT2D eigenvalue weighted by Crippen LogP contribution is 2.03. The number of unbranched alkanes of at least 4 members (excludes halogenated alkanes) is 1. The van der Waals surface area contributed by atoms with E-state index in [0.29, 0.717) is 23.2 Å². The zero-order chi connectivity index (χ0) is 18.7. The van der Waals surface area contributed by atoms with Gasteiger partial charge in [-0.1, -0.05) is 25.9 Å². The van der Waals surface area contributed by atoms with Crippen molar-refractivity contribution < 1.29 is 24.6 Å². The van der Waals surface area contributed by atoms with Gasteiger partial charge in [-0.15, -0.1) is 5.01 Å². The van der Waals surface area contributed by atoms with E-state index in [4.69, 9.17) is 0 Å². The standard InChI is InChI=1S/C9H17BrN6O8/c1-9(17)24-8-13(16(22)23)7-12(15(20)21)6-11(14(18)19)5-3-2-4-10/h2-8H2,1H3. The van der Waals surface area contributed by atoms with Gasteiger partial charge in [0.05, 0.1) is 6.54 Å². The average Bonchev–Trinajstić information content (AvgIpc) is 2.47. The number of esters is 1. The van der Waals surface area contributed by atoms with Crippen LogP contribution >= 0.6 is 15.9 Å². The molecule has 0 radical (unpaired) electrons. The zero-order valence-electron chi connectivity index (χ0n) is 12.8. The molecule has 0 aliphatic rings. The number of ether oxygens (including phenoxy) is 1. The fourth-order valence-corrected chi connectivity index (χ4v) is 1.82. The first-order chi connectivity index (χ1) is 11.2. The molecule has 0 aliphatic carbocycles. The van der Waals surface area contributed by atoms with Crippen LogP contribution in [0, 0.1) is 30.3 Å². The molecule has 0 aliphatic heterocycles. The molecule has 0 aromatic heterocycles. The monoisotopic (exact) mass is 416 g/mol. The third-order valence-corrected chi connectivity index (χ3v) is 3.12. The number of hydrazine groups is 3. The van der Waals surface area contributed by atoms with Gasteiger partial charge in [-0.2, -0.15) is 0 Å². The Morgan fingerprint density at radius 3 is 1.88 bits per heavy atom. The lowest BCUT2D eigenvalue weighted by Crippen LogP contribution is -2.50. The van der Waals surface area contributed by atoms with Gasteiger partial charge in [-0.05, 0) is 12.8 Å². The second-order valence-electron chi connectivity index (χ2n) is 4.40. The van der Waals surface area contributed by atoms with Gasteiger partial charge in [-0.3, -0.25) is 4.79 Å². The molecule has 0 aromatic rings. The summed E-state index contributed by atoms with van der Waals surface area (Å²) in [7, 11) is 0. The van der Waals surface area contributed by atoms with Crippen molar-refractivity contribution in [3.63, 3.8) is 0 Å². The van der Waals surface area contributed by atoms with Crippen molar-refractivity contribution >= 4 is 21.9 Å². The molecular weight excluding hydrogens is 400 g/mol. The van der Waals surface area contributed by atoms with Crippen molar-refractivity contribution in [3.8, 4) is 0 Å². The minimum absolute atomic E-state index is 0.0641. The second-order valence-corrected chi connectivity index (χ2v) is 5.19. The molecule has 0 N–H and O–H groups in total. The topological polar surface area (TPSA) is 165 Å². The number of hydrogen-bond donors (Lipinski definition) is 0. The number of hydrogen-bond acceptors (Lipinski definition) is 8. The van der Waals surface area contributed by atoms with Crippen LogP contribution in [0.2, 0.25) is 0 Å². The normalized spacial score (nSPS) is 9.92. The Kier molecular flexibility index (Phi) is 10.0. The van der Waals surface area contributed by atoms with Gasteiger partial charge < -0.3 is 4.74 Å². The van der Waals surface area contributed by atoms with E-state index in [1.54, 1.807) is 0 Å². The molecular formula is C9H17BrN6O8. The summed E-state index contributed by atoms with van der Waals surface area (Å²) < 4.78 is 4.42. The van der Waals surface area contributed by atoms with Crippen LogP contribution in [0.3, 0.4) is 0 Å². The van der Waals surface area contributed by atoms with Crippen molar-refractivity contribution in [1.29, 1.82) is 0 Å². The molecule has 0 saturated carbocycles. The van der Waals surface area contributed by atoms with Gasteiger partial charge in [-0.25, -0.2) is 30.3 Å². The third kappa shape index (κ3) is 8.86. The number of rotatable bonds is 13. The maximum Gasteiger partial charge on any atom is 0.304 e. The fourth-order valence-electron chi connectivity index (χ4n) is 1.42. The first-order valence-electron chi connectivity index (χ1n) is 6.56. The van der Waals surface area contributed by atoms with E-state index in [0.717, 1.165) is 6.92 Å².